The van der Waals surface area contributed by atoms with Crippen molar-refractivity contribution in [1.82, 2.24) is 24.6 Å². The molecule has 1 aliphatic rings. The normalized spacial score (nSPS) is 15.0. The van der Waals surface area contributed by atoms with Gasteiger partial charge in [-0.1, -0.05) is 0 Å². The fraction of sp³-hybridized carbons (Fsp3) is 0.412. The van der Waals surface area contributed by atoms with Crippen LogP contribution in [0.15, 0.2) is 30.7 Å². The predicted molar refractivity (Wildman–Crippen MR) is 98.3 cm³/mol. The Kier molecular flexibility index (Phi) is 4.09. The summed E-state index contributed by atoms with van der Waals surface area (Å²) in [5, 5.41) is 7.49. The maximum absolute atomic E-state index is 4.64. The van der Waals surface area contributed by atoms with Gasteiger partial charge in [0, 0.05) is 56.9 Å². The van der Waals surface area contributed by atoms with Gasteiger partial charge in [-0.2, -0.15) is 10.1 Å². The van der Waals surface area contributed by atoms with Gasteiger partial charge < -0.3 is 15.1 Å². The Morgan fingerprint density at radius 2 is 1.88 bits per heavy atom. The highest BCUT2D eigenvalue weighted by Gasteiger charge is 2.21. The molecule has 0 amide bonds. The molecule has 3 aromatic rings. The average molecular weight is 338 g/mol. The largest absolute Gasteiger partial charge is 0.354 e. The lowest BCUT2D eigenvalue weighted by Crippen LogP contribution is -2.47. The van der Waals surface area contributed by atoms with E-state index in [1.165, 1.54) is 0 Å². The van der Waals surface area contributed by atoms with Crippen molar-refractivity contribution in [3.8, 4) is 0 Å². The van der Waals surface area contributed by atoms with E-state index in [9.17, 15) is 0 Å². The highest BCUT2D eigenvalue weighted by Crippen LogP contribution is 2.22. The van der Waals surface area contributed by atoms with Crippen LogP contribution in [0.1, 0.15) is 12.6 Å². The van der Waals surface area contributed by atoms with Crippen molar-refractivity contribution >= 4 is 23.1 Å². The van der Waals surface area contributed by atoms with Gasteiger partial charge in [0.2, 0.25) is 5.95 Å². The van der Waals surface area contributed by atoms with Crippen LogP contribution in [0.25, 0.3) is 5.52 Å². The number of hydrogen-bond acceptors (Lipinski definition) is 7. The number of nitrogens with one attached hydrogen (secondary N) is 1. The lowest BCUT2D eigenvalue weighted by Gasteiger charge is -2.36. The molecule has 1 aliphatic heterocycles. The fourth-order valence-electron chi connectivity index (χ4n) is 3.19. The monoisotopic (exact) mass is 338 g/mol. The molecule has 1 N–H and O–H groups in total. The smallest absolute Gasteiger partial charge is 0.224 e. The van der Waals surface area contributed by atoms with Crippen molar-refractivity contribution in [1.29, 1.82) is 0 Å². The standard InChI is InChI=1S/C17H22N8/c1-3-18-17-21-13(2)12-15(22-17)23-8-10-24(11-9-23)16-14-4-5-20-25(14)7-6-19-16/h4-7,12H,3,8-11H2,1-2H3,(H,18,21,22). The van der Waals surface area contributed by atoms with E-state index in [2.05, 4.69) is 35.2 Å². The molecule has 4 heterocycles. The average Bonchev–Trinajstić information content (AvgIpc) is 3.10. The lowest BCUT2D eigenvalue weighted by atomic mass is 10.3. The molecule has 0 saturated carbocycles. The summed E-state index contributed by atoms with van der Waals surface area (Å²) in [6, 6.07) is 4.05. The van der Waals surface area contributed by atoms with Crippen LogP contribution in [-0.4, -0.2) is 57.3 Å². The number of hydrogen-bond donors (Lipinski definition) is 1. The van der Waals surface area contributed by atoms with Crippen molar-refractivity contribution in [2.75, 3.05) is 47.8 Å². The van der Waals surface area contributed by atoms with E-state index in [0.29, 0.717) is 5.95 Å². The van der Waals surface area contributed by atoms with Crippen LogP contribution in [0.2, 0.25) is 0 Å². The zero-order valence-electron chi connectivity index (χ0n) is 14.6. The van der Waals surface area contributed by atoms with Crippen molar-refractivity contribution in [3.63, 3.8) is 0 Å². The number of aryl methyl sites for hydroxylation is 1. The number of aromatic nitrogens is 5. The molecule has 4 rings (SSSR count). The summed E-state index contributed by atoms with van der Waals surface area (Å²) < 4.78 is 1.87. The topological polar surface area (TPSA) is 74.5 Å². The Bertz CT molecular complexity index is 866. The minimum absolute atomic E-state index is 0.700. The van der Waals surface area contributed by atoms with Gasteiger partial charge in [-0.25, -0.2) is 14.5 Å². The fourth-order valence-corrected chi connectivity index (χ4v) is 3.19. The molecule has 130 valence electrons. The maximum Gasteiger partial charge on any atom is 0.224 e. The zero-order chi connectivity index (χ0) is 17.2. The second-order valence-electron chi connectivity index (χ2n) is 6.11. The first-order valence-electron chi connectivity index (χ1n) is 8.62. The molecule has 0 atom stereocenters. The molecule has 8 heteroatoms. The summed E-state index contributed by atoms with van der Waals surface area (Å²) in [6.45, 7) is 8.48. The van der Waals surface area contributed by atoms with Crippen LogP contribution >= 0.6 is 0 Å². The Morgan fingerprint density at radius 3 is 2.68 bits per heavy atom. The minimum atomic E-state index is 0.700. The lowest BCUT2D eigenvalue weighted by molar-refractivity contribution is 0.641. The Labute approximate surface area is 146 Å². The Hall–Kier alpha value is -2.90. The molecule has 0 aliphatic carbocycles. The third-order valence-corrected chi connectivity index (χ3v) is 4.38. The van der Waals surface area contributed by atoms with E-state index in [1.807, 2.05) is 42.9 Å². The Balaban J connectivity index is 1.51. The van der Waals surface area contributed by atoms with E-state index < -0.39 is 0 Å². The SMILES string of the molecule is CCNc1nc(C)cc(N2CCN(c3nccn4nccc34)CC2)n1. The van der Waals surface area contributed by atoms with Crippen molar-refractivity contribution in [2.45, 2.75) is 13.8 Å². The van der Waals surface area contributed by atoms with Crippen LogP contribution in [0.5, 0.6) is 0 Å². The molecule has 0 spiro atoms. The predicted octanol–water partition coefficient (Wildman–Crippen LogP) is 1.59. The van der Waals surface area contributed by atoms with Crippen molar-refractivity contribution in [3.05, 3.63) is 36.4 Å². The van der Waals surface area contributed by atoms with Crippen LogP contribution < -0.4 is 15.1 Å². The van der Waals surface area contributed by atoms with E-state index in [-0.39, 0.29) is 0 Å². The molecule has 0 unspecified atom stereocenters. The molecule has 0 radical (unpaired) electrons. The zero-order valence-corrected chi connectivity index (χ0v) is 14.6. The first-order chi connectivity index (χ1) is 12.2. The molecule has 0 bridgehead atoms. The minimum Gasteiger partial charge on any atom is -0.354 e. The second kappa shape index (κ2) is 6.54. The van der Waals surface area contributed by atoms with Gasteiger partial charge in [0.25, 0.3) is 0 Å². The van der Waals surface area contributed by atoms with Gasteiger partial charge in [0.05, 0.1) is 6.20 Å². The highest BCUT2D eigenvalue weighted by molar-refractivity contribution is 5.68. The first kappa shape index (κ1) is 15.6. The van der Waals surface area contributed by atoms with Gasteiger partial charge >= 0.3 is 0 Å². The molecule has 0 aromatic carbocycles. The first-order valence-corrected chi connectivity index (χ1v) is 8.62. The second-order valence-corrected chi connectivity index (χ2v) is 6.11. The maximum atomic E-state index is 4.64. The van der Waals surface area contributed by atoms with Gasteiger partial charge in [0.1, 0.15) is 11.3 Å². The number of piperazine rings is 1. The molecule has 25 heavy (non-hydrogen) atoms. The van der Waals surface area contributed by atoms with Gasteiger partial charge in [-0.3, -0.25) is 0 Å². The third kappa shape index (κ3) is 3.07. The molecule has 1 fully saturated rings. The van der Waals surface area contributed by atoms with Crippen LogP contribution in [0.3, 0.4) is 0 Å². The van der Waals surface area contributed by atoms with Crippen LogP contribution in [0.4, 0.5) is 17.6 Å². The summed E-state index contributed by atoms with van der Waals surface area (Å²) in [4.78, 5) is 18.3. The van der Waals surface area contributed by atoms with E-state index in [4.69, 9.17) is 0 Å². The molecular formula is C17H22N8. The van der Waals surface area contributed by atoms with Gasteiger partial charge in [-0.15, -0.1) is 0 Å². The number of anilines is 3. The van der Waals surface area contributed by atoms with E-state index in [0.717, 1.165) is 55.6 Å². The number of nitrogens with zero attached hydrogens (tertiary/aromatic N) is 7. The summed E-state index contributed by atoms with van der Waals surface area (Å²) in [7, 11) is 0. The summed E-state index contributed by atoms with van der Waals surface area (Å²) in [5.74, 6) is 2.68. The molecule has 3 aromatic heterocycles. The van der Waals surface area contributed by atoms with E-state index in [1.54, 1.807) is 6.20 Å². The number of rotatable bonds is 4. The summed E-state index contributed by atoms with van der Waals surface area (Å²) in [6.07, 6.45) is 5.49. The quantitative estimate of drug-likeness (QED) is 0.774. The number of fused-ring (bicyclic) bond motifs is 1. The van der Waals surface area contributed by atoms with Gasteiger partial charge in [-0.05, 0) is 19.9 Å². The molecule has 1 saturated heterocycles. The Morgan fingerprint density at radius 1 is 1.08 bits per heavy atom. The van der Waals surface area contributed by atoms with Gasteiger partial charge in [0.15, 0.2) is 5.82 Å². The van der Waals surface area contributed by atoms with Crippen molar-refractivity contribution in [2.24, 2.45) is 0 Å². The van der Waals surface area contributed by atoms with Crippen LogP contribution in [-0.2, 0) is 0 Å². The third-order valence-electron chi connectivity index (χ3n) is 4.38. The molecular weight excluding hydrogens is 316 g/mol. The van der Waals surface area contributed by atoms with E-state index >= 15 is 0 Å². The summed E-state index contributed by atoms with van der Waals surface area (Å²) in [5.41, 5.74) is 2.03. The summed E-state index contributed by atoms with van der Waals surface area (Å²) >= 11 is 0. The molecule has 8 nitrogen and oxygen atoms in total. The van der Waals surface area contributed by atoms with Crippen LogP contribution in [0, 0.1) is 6.92 Å². The van der Waals surface area contributed by atoms with Crippen molar-refractivity contribution < 1.29 is 0 Å². The highest BCUT2D eigenvalue weighted by atomic mass is 15.3.